The van der Waals surface area contributed by atoms with E-state index in [9.17, 15) is 4.79 Å². The Kier molecular flexibility index (Phi) is 7.34. The minimum absolute atomic E-state index is 0.0651. The summed E-state index contributed by atoms with van der Waals surface area (Å²) in [5.74, 6) is -0.0740. The van der Waals surface area contributed by atoms with Crippen molar-refractivity contribution in [2.24, 2.45) is 5.41 Å². The summed E-state index contributed by atoms with van der Waals surface area (Å²) in [5.41, 5.74) is 5.87. The van der Waals surface area contributed by atoms with E-state index in [4.69, 9.17) is 4.74 Å². The van der Waals surface area contributed by atoms with Gasteiger partial charge in [0.2, 0.25) is 0 Å². The Morgan fingerprint density at radius 1 is 1.00 bits per heavy atom. The Hall–Kier alpha value is -3.68. The molecule has 2 fully saturated rings. The van der Waals surface area contributed by atoms with Crippen LogP contribution in [0.15, 0.2) is 72.8 Å². The molecule has 1 unspecified atom stereocenters. The minimum Gasteiger partial charge on any atom is -0.378 e. The molecule has 3 heterocycles. The molecule has 0 spiro atoms. The van der Waals surface area contributed by atoms with Crippen LogP contribution in [0.5, 0.6) is 0 Å². The molecule has 1 amide bonds. The van der Waals surface area contributed by atoms with E-state index < -0.39 is 0 Å². The van der Waals surface area contributed by atoms with Gasteiger partial charge < -0.3 is 15.0 Å². The number of aromatic amines is 1. The SMILES string of the molecule is CC(C)(C)CC(NC(=O)c1ccc2[nH]nc(-c3ccc(N4CCN(C5COC5)CC4)cc3)c2c1)c1ccccc1. The van der Waals surface area contributed by atoms with Crippen LogP contribution in [0, 0.1) is 5.41 Å². The van der Waals surface area contributed by atoms with Crippen molar-refractivity contribution in [2.45, 2.75) is 39.3 Å². The zero-order valence-corrected chi connectivity index (χ0v) is 23.7. The van der Waals surface area contributed by atoms with Crippen molar-refractivity contribution < 1.29 is 9.53 Å². The zero-order valence-electron chi connectivity index (χ0n) is 23.7. The van der Waals surface area contributed by atoms with E-state index in [1.54, 1.807) is 0 Å². The van der Waals surface area contributed by atoms with Gasteiger partial charge in [0.25, 0.3) is 5.91 Å². The van der Waals surface area contributed by atoms with Crippen LogP contribution in [0.1, 0.15) is 49.2 Å². The van der Waals surface area contributed by atoms with Crippen LogP contribution in [-0.4, -0.2) is 66.4 Å². The summed E-state index contributed by atoms with van der Waals surface area (Å²) in [5, 5.41) is 12.0. The van der Waals surface area contributed by atoms with E-state index in [1.807, 2.05) is 36.4 Å². The number of H-pyrrole nitrogens is 1. The minimum atomic E-state index is -0.0740. The Balaban J connectivity index is 1.18. The van der Waals surface area contributed by atoms with Gasteiger partial charge in [0.05, 0.1) is 36.5 Å². The molecule has 1 aromatic heterocycles. The lowest BCUT2D eigenvalue weighted by Crippen LogP contribution is -2.56. The number of hydrogen-bond donors (Lipinski definition) is 2. The van der Waals surface area contributed by atoms with Gasteiger partial charge in [0.1, 0.15) is 0 Å². The molecule has 2 aliphatic rings. The van der Waals surface area contributed by atoms with Crippen molar-refractivity contribution in [1.82, 2.24) is 20.4 Å². The number of hydrogen-bond acceptors (Lipinski definition) is 5. The maximum absolute atomic E-state index is 13.5. The fourth-order valence-electron chi connectivity index (χ4n) is 5.78. The molecule has 2 N–H and O–H groups in total. The van der Waals surface area contributed by atoms with Crippen LogP contribution in [0.4, 0.5) is 5.69 Å². The average molecular weight is 538 g/mol. The standard InChI is InChI=1S/C33H39N5O2/c1-33(2,3)20-30(23-7-5-4-6-8-23)34-32(39)25-11-14-29-28(19-25)31(36-35-29)24-9-12-26(13-10-24)37-15-17-38(18-16-37)27-21-40-22-27/h4-14,19,27,30H,15-18,20-22H2,1-3H3,(H,34,39)(H,35,36). The maximum atomic E-state index is 13.5. The summed E-state index contributed by atoms with van der Waals surface area (Å²) < 4.78 is 5.37. The van der Waals surface area contributed by atoms with Gasteiger partial charge in [-0.3, -0.25) is 14.8 Å². The number of aromatic nitrogens is 2. The number of nitrogens with zero attached hydrogens (tertiary/aromatic N) is 3. The molecule has 7 nitrogen and oxygen atoms in total. The monoisotopic (exact) mass is 537 g/mol. The number of anilines is 1. The molecule has 6 rings (SSSR count). The maximum Gasteiger partial charge on any atom is 0.251 e. The third kappa shape index (κ3) is 5.76. The van der Waals surface area contributed by atoms with Gasteiger partial charge in [-0.25, -0.2) is 0 Å². The first kappa shape index (κ1) is 26.5. The molecule has 0 saturated carbocycles. The van der Waals surface area contributed by atoms with Gasteiger partial charge in [-0.15, -0.1) is 0 Å². The van der Waals surface area contributed by atoms with Crippen molar-refractivity contribution in [3.8, 4) is 11.3 Å². The van der Waals surface area contributed by atoms with E-state index in [2.05, 4.69) is 82.5 Å². The highest BCUT2D eigenvalue weighted by molar-refractivity contribution is 6.01. The number of amides is 1. The summed E-state index contributed by atoms with van der Waals surface area (Å²) in [7, 11) is 0. The molecule has 4 aromatic rings. The number of ether oxygens (including phenoxy) is 1. The number of benzene rings is 3. The second-order valence-corrected chi connectivity index (χ2v) is 12.3. The number of carbonyl (C=O) groups is 1. The van der Waals surface area contributed by atoms with E-state index in [1.165, 1.54) is 5.69 Å². The first-order valence-electron chi connectivity index (χ1n) is 14.4. The third-order valence-corrected chi connectivity index (χ3v) is 8.11. The third-order valence-electron chi connectivity index (χ3n) is 8.11. The van der Waals surface area contributed by atoms with Crippen LogP contribution in [0.3, 0.4) is 0 Å². The van der Waals surface area contributed by atoms with Crippen LogP contribution in [-0.2, 0) is 4.74 Å². The second-order valence-electron chi connectivity index (χ2n) is 12.3. The quantitative estimate of drug-likeness (QED) is 0.318. The van der Waals surface area contributed by atoms with Gasteiger partial charge in [-0.1, -0.05) is 63.2 Å². The van der Waals surface area contributed by atoms with E-state index >= 15 is 0 Å². The lowest BCUT2D eigenvalue weighted by molar-refractivity contribution is -0.0660. The fraction of sp³-hybridized carbons (Fsp3) is 0.394. The van der Waals surface area contributed by atoms with Gasteiger partial charge in [0, 0.05) is 48.4 Å². The predicted octanol–water partition coefficient (Wildman–Crippen LogP) is 5.66. The summed E-state index contributed by atoms with van der Waals surface area (Å²) in [6.07, 6.45) is 0.846. The van der Waals surface area contributed by atoms with Crippen LogP contribution >= 0.6 is 0 Å². The van der Waals surface area contributed by atoms with Crippen molar-refractivity contribution in [1.29, 1.82) is 0 Å². The molecule has 40 heavy (non-hydrogen) atoms. The Morgan fingerprint density at radius 2 is 1.73 bits per heavy atom. The zero-order chi connectivity index (χ0) is 27.7. The first-order valence-corrected chi connectivity index (χ1v) is 14.4. The summed E-state index contributed by atoms with van der Waals surface area (Å²) in [4.78, 5) is 18.5. The van der Waals surface area contributed by atoms with E-state index in [-0.39, 0.29) is 17.4 Å². The number of rotatable bonds is 7. The molecule has 3 aromatic carbocycles. The topological polar surface area (TPSA) is 73.5 Å². The number of carbonyl (C=O) groups excluding carboxylic acids is 1. The van der Waals surface area contributed by atoms with Crippen LogP contribution in [0.2, 0.25) is 0 Å². The average Bonchev–Trinajstić information content (AvgIpc) is 3.35. The van der Waals surface area contributed by atoms with Gasteiger partial charge in [0.15, 0.2) is 0 Å². The van der Waals surface area contributed by atoms with Gasteiger partial charge in [-0.2, -0.15) is 5.10 Å². The molecular formula is C33H39N5O2. The summed E-state index contributed by atoms with van der Waals surface area (Å²) in [6, 6.07) is 25.2. The normalized spacial score (nSPS) is 17.5. The van der Waals surface area contributed by atoms with Gasteiger partial charge >= 0.3 is 0 Å². The second kappa shape index (κ2) is 11.1. The highest BCUT2D eigenvalue weighted by Gasteiger charge is 2.29. The van der Waals surface area contributed by atoms with Crippen molar-refractivity contribution >= 4 is 22.5 Å². The molecule has 1 atom stereocenters. The Labute approximate surface area is 236 Å². The number of fused-ring (bicyclic) bond motifs is 1. The Bertz CT molecular complexity index is 1450. The molecule has 208 valence electrons. The molecule has 7 heteroatoms. The first-order chi connectivity index (χ1) is 19.3. The predicted molar refractivity (Wildman–Crippen MR) is 161 cm³/mol. The highest BCUT2D eigenvalue weighted by Crippen LogP contribution is 2.32. The van der Waals surface area contributed by atoms with Crippen molar-refractivity contribution in [3.05, 3.63) is 83.9 Å². The summed E-state index contributed by atoms with van der Waals surface area (Å²) >= 11 is 0. The molecule has 0 radical (unpaired) electrons. The lowest BCUT2D eigenvalue weighted by atomic mass is 9.85. The van der Waals surface area contributed by atoms with Crippen LogP contribution < -0.4 is 10.2 Å². The molecule has 0 bridgehead atoms. The summed E-state index contributed by atoms with van der Waals surface area (Å²) in [6.45, 7) is 12.6. The Morgan fingerprint density at radius 3 is 2.38 bits per heavy atom. The fourth-order valence-corrected chi connectivity index (χ4v) is 5.78. The molecule has 2 aliphatic heterocycles. The highest BCUT2D eigenvalue weighted by atomic mass is 16.5. The number of piperazine rings is 1. The largest absolute Gasteiger partial charge is 0.378 e. The van der Waals surface area contributed by atoms with Crippen LogP contribution in [0.25, 0.3) is 22.2 Å². The molecular weight excluding hydrogens is 498 g/mol. The van der Waals surface area contributed by atoms with Gasteiger partial charge in [-0.05, 0) is 47.7 Å². The molecule has 0 aliphatic carbocycles. The smallest absolute Gasteiger partial charge is 0.251 e. The van der Waals surface area contributed by atoms with Crippen molar-refractivity contribution in [2.75, 3.05) is 44.3 Å². The number of nitrogens with one attached hydrogen (secondary N) is 2. The lowest BCUT2D eigenvalue weighted by Gasteiger charge is -2.43. The van der Waals surface area contributed by atoms with Crippen molar-refractivity contribution in [3.63, 3.8) is 0 Å². The van der Waals surface area contributed by atoms with E-state index in [0.717, 1.165) is 73.5 Å². The molecule has 2 saturated heterocycles. The van der Waals surface area contributed by atoms with E-state index in [0.29, 0.717) is 11.6 Å².